The highest BCUT2D eigenvalue weighted by atomic mass is 79.9. The van der Waals surface area contributed by atoms with E-state index in [1.54, 1.807) is 12.1 Å². The van der Waals surface area contributed by atoms with E-state index in [4.69, 9.17) is 5.73 Å². The van der Waals surface area contributed by atoms with Gasteiger partial charge in [0.05, 0.1) is 0 Å². The first-order valence-electron chi connectivity index (χ1n) is 6.45. The molecule has 0 bridgehead atoms. The third kappa shape index (κ3) is 5.18. The van der Waals surface area contributed by atoms with Crippen molar-refractivity contribution in [3.05, 3.63) is 34.1 Å². The lowest BCUT2D eigenvalue weighted by Gasteiger charge is -2.28. The molecule has 0 saturated carbocycles. The molecule has 0 radical (unpaired) electrons. The van der Waals surface area contributed by atoms with Gasteiger partial charge in [-0.2, -0.15) is 0 Å². The summed E-state index contributed by atoms with van der Waals surface area (Å²) < 4.78 is 14.3. The summed E-state index contributed by atoms with van der Waals surface area (Å²) in [7, 11) is 6.15. The minimum absolute atomic E-state index is 0.0345. The molecule has 0 spiro atoms. The first-order chi connectivity index (χ1) is 8.95. The zero-order valence-corrected chi connectivity index (χ0v) is 13.5. The Bertz CT molecular complexity index is 398. The summed E-state index contributed by atoms with van der Waals surface area (Å²) >= 11 is 3.47. The Hall–Kier alpha value is -0.490. The van der Waals surface area contributed by atoms with Gasteiger partial charge in [0, 0.05) is 17.1 Å². The molecule has 19 heavy (non-hydrogen) atoms. The third-order valence-electron chi connectivity index (χ3n) is 3.19. The minimum atomic E-state index is -0.224. The summed E-state index contributed by atoms with van der Waals surface area (Å²) in [5.74, 6) is -0.224. The first kappa shape index (κ1) is 16.6. The number of halogens is 2. The molecule has 3 nitrogen and oxygen atoms in total. The lowest BCUT2D eigenvalue weighted by atomic mass is 10.1. The number of nitrogens with two attached hydrogens (primary N) is 1. The van der Waals surface area contributed by atoms with Crippen molar-refractivity contribution in [3.8, 4) is 0 Å². The van der Waals surface area contributed by atoms with Crippen LogP contribution >= 0.6 is 15.9 Å². The first-order valence-corrected chi connectivity index (χ1v) is 7.25. The normalized spacial score (nSPS) is 13.3. The van der Waals surface area contributed by atoms with Crippen LogP contribution in [0.15, 0.2) is 22.7 Å². The molecule has 0 aliphatic rings. The second-order valence-corrected chi connectivity index (χ2v) is 5.91. The van der Waals surface area contributed by atoms with Crippen LogP contribution < -0.4 is 5.73 Å². The summed E-state index contributed by atoms with van der Waals surface area (Å²) in [6, 6.07) is 4.78. The molecule has 1 atom stereocenters. The topological polar surface area (TPSA) is 32.5 Å². The molecule has 1 aromatic rings. The fourth-order valence-electron chi connectivity index (χ4n) is 2.11. The monoisotopic (exact) mass is 331 g/mol. The second-order valence-electron chi connectivity index (χ2n) is 5.05. The molecule has 1 rings (SSSR count). The van der Waals surface area contributed by atoms with E-state index in [-0.39, 0.29) is 11.9 Å². The van der Waals surface area contributed by atoms with Gasteiger partial charge in [-0.15, -0.1) is 0 Å². The molecule has 0 aromatic heterocycles. The molecule has 0 fully saturated rings. The minimum Gasteiger partial charge on any atom is -0.329 e. The van der Waals surface area contributed by atoms with Crippen LogP contribution in [-0.2, 0) is 0 Å². The predicted octanol–water partition coefficient (Wildman–Crippen LogP) is 2.47. The number of nitrogens with zero attached hydrogens (tertiary/aromatic N) is 2. The largest absolute Gasteiger partial charge is 0.329 e. The highest BCUT2D eigenvalue weighted by molar-refractivity contribution is 9.10. The molecule has 5 heteroatoms. The van der Waals surface area contributed by atoms with Crippen LogP contribution in [0.5, 0.6) is 0 Å². The van der Waals surface area contributed by atoms with Gasteiger partial charge in [-0.1, -0.05) is 15.9 Å². The van der Waals surface area contributed by atoms with Crippen LogP contribution in [-0.4, -0.2) is 50.6 Å². The van der Waals surface area contributed by atoms with Crippen LogP contribution in [0, 0.1) is 5.82 Å². The van der Waals surface area contributed by atoms with Crippen LogP contribution in [0.4, 0.5) is 4.39 Å². The van der Waals surface area contributed by atoms with Crippen LogP contribution in [0.3, 0.4) is 0 Å². The third-order valence-corrected chi connectivity index (χ3v) is 3.91. The van der Waals surface area contributed by atoms with Gasteiger partial charge in [0.15, 0.2) is 0 Å². The van der Waals surface area contributed by atoms with E-state index >= 15 is 0 Å². The number of likely N-dealkylation sites (N-methyl/N-ethyl adjacent to an activating group) is 1. The van der Waals surface area contributed by atoms with E-state index < -0.39 is 0 Å². The molecule has 2 N–H and O–H groups in total. The van der Waals surface area contributed by atoms with E-state index in [1.807, 2.05) is 7.05 Å². The van der Waals surface area contributed by atoms with Gasteiger partial charge in [0.1, 0.15) is 5.82 Å². The number of hydrogen-bond acceptors (Lipinski definition) is 3. The summed E-state index contributed by atoms with van der Waals surface area (Å²) in [4.78, 5) is 4.34. The fourth-order valence-corrected chi connectivity index (χ4v) is 2.62. The van der Waals surface area contributed by atoms with Crippen molar-refractivity contribution in [2.24, 2.45) is 5.73 Å². The van der Waals surface area contributed by atoms with Gasteiger partial charge in [-0.25, -0.2) is 4.39 Å². The quantitative estimate of drug-likeness (QED) is 0.833. The van der Waals surface area contributed by atoms with E-state index in [1.165, 1.54) is 6.07 Å². The Labute approximate surface area is 123 Å². The second kappa shape index (κ2) is 7.94. The lowest BCUT2D eigenvalue weighted by Crippen LogP contribution is -2.32. The predicted molar refractivity (Wildman–Crippen MR) is 81.7 cm³/mol. The number of rotatable bonds is 7. The highest BCUT2D eigenvalue weighted by Gasteiger charge is 2.18. The lowest BCUT2D eigenvalue weighted by molar-refractivity contribution is 0.234. The Morgan fingerprint density at radius 2 is 1.95 bits per heavy atom. The number of hydrogen-bond donors (Lipinski definition) is 1. The maximum atomic E-state index is 13.4. The Morgan fingerprint density at radius 1 is 1.26 bits per heavy atom. The van der Waals surface area contributed by atoms with Crippen molar-refractivity contribution in [1.29, 1.82) is 0 Å². The molecule has 0 heterocycles. The van der Waals surface area contributed by atoms with Gasteiger partial charge >= 0.3 is 0 Å². The average Bonchev–Trinajstić information content (AvgIpc) is 2.34. The van der Waals surface area contributed by atoms with Crippen molar-refractivity contribution in [3.63, 3.8) is 0 Å². The molecular formula is C14H23BrFN3. The molecule has 0 aliphatic heterocycles. The van der Waals surface area contributed by atoms with Crippen molar-refractivity contribution in [2.45, 2.75) is 12.5 Å². The number of benzene rings is 1. The van der Waals surface area contributed by atoms with Gasteiger partial charge in [-0.3, -0.25) is 4.90 Å². The van der Waals surface area contributed by atoms with Crippen molar-refractivity contribution in [1.82, 2.24) is 9.80 Å². The summed E-state index contributed by atoms with van der Waals surface area (Å²) in [5.41, 5.74) is 6.77. The van der Waals surface area contributed by atoms with Gasteiger partial charge in [-0.05, 0) is 64.4 Å². The van der Waals surface area contributed by atoms with Crippen molar-refractivity contribution in [2.75, 3.05) is 40.8 Å². The molecule has 0 aliphatic carbocycles. The molecule has 0 amide bonds. The molecular weight excluding hydrogens is 309 g/mol. The van der Waals surface area contributed by atoms with E-state index in [0.29, 0.717) is 6.54 Å². The molecule has 0 saturated heterocycles. The fraction of sp³-hybridized carbons (Fsp3) is 0.571. The van der Waals surface area contributed by atoms with Crippen LogP contribution in [0.2, 0.25) is 0 Å². The van der Waals surface area contributed by atoms with Crippen molar-refractivity contribution >= 4 is 15.9 Å². The summed E-state index contributed by atoms with van der Waals surface area (Å²) in [6.07, 6.45) is 1.06. The highest BCUT2D eigenvalue weighted by Crippen LogP contribution is 2.27. The SMILES string of the molecule is CN(C)CCCN(C)C(CN)c1cc(F)ccc1Br. The Morgan fingerprint density at radius 3 is 2.53 bits per heavy atom. The van der Waals surface area contributed by atoms with Crippen LogP contribution in [0.1, 0.15) is 18.0 Å². The van der Waals surface area contributed by atoms with Crippen LogP contribution in [0.25, 0.3) is 0 Å². The van der Waals surface area contributed by atoms with Gasteiger partial charge in [0.25, 0.3) is 0 Å². The summed E-state index contributed by atoms with van der Waals surface area (Å²) in [5, 5.41) is 0. The van der Waals surface area contributed by atoms with E-state index in [0.717, 1.165) is 29.5 Å². The van der Waals surface area contributed by atoms with E-state index in [9.17, 15) is 4.39 Å². The maximum absolute atomic E-state index is 13.4. The zero-order valence-electron chi connectivity index (χ0n) is 11.9. The Kier molecular flexibility index (Phi) is 6.93. The zero-order chi connectivity index (χ0) is 14.4. The summed E-state index contributed by atoms with van der Waals surface area (Å²) in [6.45, 7) is 2.44. The average molecular weight is 332 g/mol. The molecule has 1 aromatic carbocycles. The van der Waals surface area contributed by atoms with Gasteiger partial charge in [0.2, 0.25) is 0 Å². The Balaban J connectivity index is 2.73. The molecule has 1 unspecified atom stereocenters. The van der Waals surface area contributed by atoms with E-state index in [2.05, 4.69) is 39.8 Å². The van der Waals surface area contributed by atoms with Crippen molar-refractivity contribution < 1.29 is 4.39 Å². The maximum Gasteiger partial charge on any atom is 0.123 e. The standard InChI is InChI=1S/C14H23BrFN3/c1-18(2)7-4-8-19(3)14(10-17)12-9-11(16)5-6-13(12)15/h5-6,9,14H,4,7-8,10,17H2,1-3H3. The molecule has 108 valence electrons. The smallest absolute Gasteiger partial charge is 0.123 e. The van der Waals surface area contributed by atoms with Gasteiger partial charge < -0.3 is 10.6 Å².